The van der Waals surface area contributed by atoms with E-state index in [1.165, 1.54) is 19.3 Å². The third-order valence-electron chi connectivity index (χ3n) is 4.59. The average molecular weight is 268 g/mol. The summed E-state index contributed by atoms with van der Waals surface area (Å²) < 4.78 is 5.45. The highest BCUT2D eigenvalue weighted by Gasteiger charge is 2.34. The molecular formula is C15H28N2O2. The van der Waals surface area contributed by atoms with Gasteiger partial charge in [0.15, 0.2) is 0 Å². The van der Waals surface area contributed by atoms with Gasteiger partial charge in [0.05, 0.1) is 19.1 Å². The molecule has 1 heterocycles. The lowest BCUT2D eigenvalue weighted by Gasteiger charge is -2.30. The fourth-order valence-corrected chi connectivity index (χ4v) is 3.38. The Labute approximate surface area is 116 Å². The van der Waals surface area contributed by atoms with Crippen molar-refractivity contribution < 1.29 is 9.53 Å². The summed E-state index contributed by atoms with van der Waals surface area (Å²) >= 11 is 0. The van der Waals surface area contributed by atoms with E-state index in [4.69, 9.17) is 4.74 Å². The number of rotatable bonds is 5. The summed E-state index contributed by atoms with van der Waals surface area (Å²) in [6.07, 6.45) is 6.11. The average Bonchev–Trinajstić information content (AvgIpc) is 2.88. The van der Waals surface area contributed by atoms with Gasteiger partial charge in [-0.2, -0.15) is 0 Å². The van der Waals surface area contributed by atoms with Gasteiger partial charge in [-0.3, -0.25) is 4.79 Å². The molecule has 19 heavy (non-hydrogen) atoms. The molecule has 0 aromatic heterocycles. The SMILES string of the molecule is CCNC1COCC1C(=O)NC1CCCC(CC)C1. The van der Waals surface area contributed by atoms with Crippen molar-refractivity contribution in [2.24, 2.45) is 11.8 Å². The number of likely N-dealkylation sites (N-methyl/N-ethyl adjacent to an activating group) is 1. The van der Waals surface area contributed by atoms with Crippen LogP contribution in [0.5, 0.6) is 0 Å². The Morgan fingerprint density at radius 2 is 2.11 bits per heavy atom. The lowest BCUT2D eigenvalue weighted by atomic mass is 9.84. The van der Waals surface area contributed by atoms with Gasteiger partial charge in [-0.1, -0.05) is 33.1 Å². The first-order chi connectivity index (χ1) is 9.24. The number of ether oxygens (including phenoxy) is 1. The monoisotopic (exact) mass is 268 g/mol. The molecule has 4 atom stereocenters. The van der Waals surface area contributed by atoms with E-state index in [2.05, 4.69) is 24.5 Å². The van der Waals surface area contributed by atoms with Crippen LogP contribution in [0.2, 0.25) is 0 Å². The first-order valence-corrected chi connectivity index (χ1v) is 7.86. The third kappa shape index (κ3) is 3.93. The molecule has 1 saturated carbocycles. The summed E-state index contributed by atoms with van der Waals surface area (Å²) in [6.45, 7) is 6.43. The Kier molecular flexibility index (Phi) is 5.64. The summed E-state index contributed by atoms with van der Waals surface area (Å²) in [5.74, 6) is 0.968. The number of carbonyl (C=O) groups excluding carboxylic acids is 1. The van der Waals surface area contributed by atoms with Crippen LogP contribution in [0.3, 0.4) is 0 Å². The molecule has 2 rings (SSSR count). The van der Waals surface area contributed by atoms with Crippen LogP contribution in [0.25, 0.3) is 0 Å². The molecule has 4 unspecified atom stereocenters. The van der Waals surface area contributed by atoms with Gasteiger partial charge in [-0.15, -0.1) is 0 Å². The minimum Gasteiger partial charge on any atom is -0.379 e. The van der Waals surface area contributed by atoms with Gasteiger partial charge >= 0.3 is 0 Å². The van der Waals surface area contributed by atoms with E-state index < -0.39 is 0 Å². The zero-order valence-corrected chi connectivity index (χ0v) is 12.3. The molecule has 4 heteroatoms. The fraction of sp³-hybridized carbons (Fsp3) is 0.933. The van der Waals surface area contributed by atoms with Gasteiger partial charge in [0.2, 0.25) is 5.91 Å². The van der Waals surface area contributed by atoms with Crippen LogP contribution in [-0.4, -0.2) is 37.7 Å². The molecule has 110 valence electrons. The van der Waals surface area contributed by atoms with Crippen molar-refractivity contribution in [1.82, 2.24) is 10.6 Å². The predicted molar refractivity (Wildman–Crippen MR) is 76.0 cm³/mol. The summed E-state index contributed by atoms with van der Waals surface area (Å²) in [5.41, 5.74) is 0. The molecule has 1 saturated heterocycles. The third-order valence-corrected chi connectivity index (χ3v) is 4.59. The molecule has 0 bridgehead atoms. The summed E-state index contributed by atoms with van der Waals surface area (Å²) in [7, 11) is 0. The van der Waals surface area contributed by atoms with Crippen LogP contribution in [-0.2, 0) is 9.53 Å². The zero-order valence-electron chi connectivity index (χ0n) is 12.3. The van der Waals surface area contributed by atoms with Gasteiger partial charge in [-0.05, 0) is 25.3 Å². The molecule has 0 spiro atoms. The second kappa shape index (κ2) is 7.25. The van der Waals surface area contributed by atoms with Crippen molar-refractivity contribution in [3.63, 3.8) is 0 Å². The summed E-state index contributed by atoms with van der Waals surface area (Å²) in [4.78, 5) is 12.4. The van der Waals surface area contributed by atoms with Gasteiger partial charge in [-0.25, -0.2) is 0 Å². The quantitative estimate of drug-likeness (QED) is 0.798. The van der Waals surface area contributed by atoms with Crippen LogP contribution < -0.4 is 10.6 Å². The van der Waals surface area contributed by atoms with Gasteiger partial charge in [0, 0.05) is 12.1 Å². The zero-order chi connectivity index (χ0) is 13.7. The standard InChI is InChI=1S/C15H28N2O2/c1-3-11-6-5-7-12(8-11)17-15(18)13-9-19-10-14(13)16-4-2/h11-14,16H,3-10H2,1-2H3,(H,17,18). The highest BCUT2D eigenvalue weighted by atomic mass is 16.5. The van der Waals surface area contributed by atoms with Crippen LogP contribution in [0.15, 0.2) is 0 Å². The van der Waals surface area contributed by atoms with Crippen molar-refractivity contribution in [2.45, 2.75) is 58.0 Å². The Hall–Kier alpha value is -0.610. The van der Waals surface area contributed by atoms with E-state index in [1.807, 2.05) is 0 Å². The van der Waals surface area contributed by atoms with E-state index in [0.717, 1.165) is 25.3 Å². The lowest BCUT2D eigenvalue weighted by Crippen LogP contribution is -2.47. The number of hydrogen-bond acceptors (Lipinski definition) is 3. The maximum atomic E-state index is 12.4. The molecule has 1 aliphatic carbocycles. The van der Waals surface area contributed by atoms with Crippen LogP contribution in [0.1, 0.15) is 46.0 Å². The smallest absolute Gasteiger partial charge is 0.227 e. The molecule has 2 aliphatic rings. The summed E-state index contributed by atoms with van der Waals surface area (Å²) in [5, 5.41) is 6.60. The largest absolute Gasteiger partial charge is 0.379 e. The van der Waals surface area contributed by atoms with Crippen molar-refractivity contribution in [3.8, 4) is 0 Å². The molecule has 1 aliphatic heterocycles. The first kappa shape index (κ1) is 14.8. The molecule has 0 radical (unpaired) electrons. The molecule has 0 aromatic carbocycles. The Morgan fingerprint density at radius 3 is 2.84 bits per heavy atom. The molecule has 0 aromatic rings. The summed E-state index contributed by atoms with van der Waals surface area (Å²) in [6, 6.07) is 0.574. The first-order valence-electron chi connectivity index (χ1n) is 7.86. The van der Waals surface area contributed by atoms with Crippen LogP contribution >= 0.6 is 0 Å². The number of nitrogens with one attached hydrogen (secondary N) is 2. The van der Waals surface area contributed by atoms with Crippen LogP contribution in [0, 0.1) is 11.8 Å². The van der Waals surface area contributed by atoms with Gasteiger partial charge < -0.3 is 15.4 Å². The molecule has 4 nitrogen and oxygen atoms in total. The fourth-order valence-electron chi connectivity index (χ4n) is 3.38. The van der Waals surface area contributed by atoms with E-state index in [9.17, 15) is 4.79 Å². The highest BCUT2D eigenvalue weighted by Crippen LogP contribution is 2.27. The Bertz CT molecular complexity index is 296. The van der Waals surface area contributed by atoms with E-state index in [-0.39, 0.29) is 17.9 Å². The van der Waals surface area contributed by atoms with Crippen molar-refractivity contribution in [3.05, 3.63) is 0 Å². The molecule has 2 N–H and O–H groups in total. The van der Waals surface area contributed by atoms with Gasteiger partial charge in [0.1, 0.15) is 0 Å². The highest BCUT2D eigenvalue weighted by molar-refractivity contribution is 5.80. The maximum Gasteiger partial charge on any atom is 0.227 e. The second-order valence-corrected chi connectivity index (χ2v) is 5.95. The number of hydrogen-bond donors (Lipinski definition) is 2. The van der Waals surface area contributed by atoms with E-state index >= 15 is 0 Å². The maximum absolute atomic E-state index is 12.4. The minimum absolute atomic E-state index is 0.0121. The molecule has 2 fully saturated rings. The van der Waals surface area contributed by atoms with E-state index in [0.29, 0.717) is 19.3 Å². The molecular weight excluding hydrogens is 240 g/mol. The van der Waals surface area contributed by atoms with E-state index in [1.54, 1.807) is 0 Å². The number of amides is 1. The lowest BCUT2D eigenvalue weighted by molar-refractivity contribution is -0.126. The second-order valence-electron chi connectivity index (χ2n) is 5.95. The van der Waals surface area contributed by atoms with Gasteiger partial charge in [0.25, 0.3) is 0 Å². The number of carbonyl (C=O) groups is 1. The predicted octanol–water partition coefficient (Wildman–Crippen LogP) is 1.70. The topological polar surface area (TPSA) is 50.4 Å². The normalized spacial score (nSPS) is 35.3. The Balaban J connectivity index is 1.82. The van der Waals surface area contributed by atoms with Crippen molar-refractivity contribution in [1.29, 1.82) is 0 Å². The Morgan fingerprint density at radius 1 is 1.26 bits per heavy atom. The molecule has 1 amide bonds. The minimum atomic E-state index is -0.0121. The van der Waals surface area contributed by atoms with Crippen LogP contribution in [0.4, 0.5) is 0 Å². The van der Waals surface area contributed by atoms with Crippen molar-refractivity contribution in [2.75, 3.05) is 19.8 Å². The van der Waals surface area contributed by atoms with Crippen molar-refractivity contribution >= 4 is 5.91 Å².